The van der Waals surface area contributed by atoms with Gasteiger partial charge in [0.1, 0.15) is 0 Å². The van der Waals surface area contributed by atoms with Gasteiger partial charge in [0.25, 0.3) is 0 Å². The van der Waals surface area contributed by atoms with Gasteiger partial charge >= 0.3 is 5.82 Å². The van der Waals surface area contributed by atoms with Gasteiger partial charge < -0.3 is 10.2 Å². The first kappa shape index (κ1) is 21.1. The summed E-state index contributed by atoms with van der Waals surface area (Å²) in [6.45, 7) is 5.61. The Bertz CT molecular complexity index is 873. The Kier molecular flexibility index (Phi) is 7.66. The lowest BCUT2D eigenvalue weighted by atomic mass is 10.0. The number of nitrogens with zero attached hydrogens (tertiary/aromatic N) is 3. The second-order valence-electron chi connectivity index (χ2n) is 6.61. The van der Waals surface area contributed by atoms with Crippen LogP contribution in [0.1, 0.15) is 32.3 Å². The molecule has 0 atom stereocenters. The lowest BCUT2D eigenvalue weighted by Gasteiger charge is -2.23. The highest BCUT2D eigenvalue weighted by Crippen LogP contribution is 2.26. The highest BCUT2D eigenvalue weighted by Gasteiger charge is 2.24. The minimum Gasteiger partial charge on any atom is -0.870 e. The number of rotatable bonds is 4. The van der Waals surface area contributed by atoms with Gasteiger partial charge in [-0.15, -0.1) is 4.91 Å². The van der Waals surface area contributed by atoms with Crippen LogP contribution in [0.5, 0.6) is 5.88 Å². The number of anilines is 1. The van der Waals surface area contributed by atoms with E-state index in [-0.39, 0.29) is 11.6 Å². The summed E-state index contributed by atoms with van der Waals surface area (Å²) in [5.41, 5.74) is 2.62. The average molecular weight is 380 g/mol. The number of hydrogen-bond donors (Lipinski definition) is 0. The van der Waals surface area contributed by atoms with Crippen LogP contribution < -0.4 is 14.6 Å². The van der Waals surface area contributed by atoms with Crippen molar-refractivity contribution in [2.24, 2.45) is 5.18 Å². The number of H-pyrrole nitrogens is 1. The third kappa shape index (κ3) is 5.63. The fraction of sp³-hybridized carbons (Fsp3) is 0.333. The first-order valence-electron chi connectivity index (χ1n) is 9.07. The van der Waals surface area contributed by atoms with Crippen molar-refractivity contribution >= 4 is 11.5 Å². The van der Waals surface area contributed by atoms with Crippen LogP contribution in [0, 0.1) is 16.7 Å². The number of allylic oxidation sites excluding steroid dienone is 1. The summed E-state index contributed by atoms with van der Waals surface area (Å²) in [5, 5.41) is 3.10. The molecule has 3 rings (SSSR count). The Morgan fingerprint density at radius 3 is 2.71 bits per heavy atom. The van der Waals surface area contributed by atoms with Crippen LogP contribution in [0.2, 0.25) is 0 Å². The molecule has 0 aliphatic carbocycles. The molecule has 146 valence electrons. The zero-order chi connectivity index (χ0) is 19.1. The molecule has 0 bridgehead atoms. The standard InChI is InChI=1S/C21H22N4O2.H2O/c1-16(2)27-20-9-8-18(15-23-20)6-3-5-17-10-13-25(14-11-17)21-19(24-26)7-4-12-22-21;/h4-5,7-9,12,15-16H,10-11,13-14H2,1-2H3;1H2. The molecule has 0 radical (unpaired) electrons. The second kappa shape index (κ2) is 10.2. The maximum absolute atomic E-state index is 10.9. The van der Waals surface area contributed by atoms with Crippen LogP contribution in [0.3, 0.4) is 0 Å². The molecule has 1 saturated heterocycles. The smallest absolute Gasteiger partial charge is 0.304 e. The molecule has 0 amide bonds. The monoisotopic (exact) mass is 380 g/mol. The third-order valence-corrected chi connectivity index (χ3v) is 4.22. The number of aromatic amines is 1. The van der Waals surface area contributed by atoms with Crippen molar-refractivity contribution in [3.05, 3.63) is 58.8 Å². The van der Waals surface area contributed by atoms with E-state index in [2.05, 4.69) is 31.9 Å². The molecule has 1 aliphatic heterocycles. The molecule has 0 aromatic carbocycles. The molecular weight excluding hydrogens is 356 g/mol. The van der Waals surface area contributed by atoms with Gasteiger partial charge in [-0.1, -0.05) is 17.4 Å². The average Bonchev–Trinajstić information content (AvgIpc) is 2.69. The quantitative estimate of drug-likeness (QED) is 0.597. The molecule has 7 nitrogen and oxygen atoms in total. The summed E-state index contributed by atoms with van der Waals surface area (Å²) in [7, 11) is 0. The predicted molar refractivity (Wildman–Crippen MR) is 107 cm³/mol. The number of piperidine rings is 1. The lowest BCUT2D eigenvalue weighted by molar-refractivity contribution is -0.363. The van der Waals surface area contributed by atoms with Crippen LogP contribution in [-0.4, -0.2) is 29.7 Å². The van der Waals surface area contributed by atoms with E-state index >= 15 is 0 Å². The minimum absolute atomic E-state index is 0. The Morgan fingerprint density at radius 2 is 2.07 bits per heavy atom. The number of nitroso groups, excluding NO2 is 1. The van der Waals surface area contributed by atoms with Crippen LogP contribution in [0.15, 0.2) is 53.5 Å². The van der Waals surface area contributed by atoms with Crippen molar-refractivity contribution in [2.45, 2.75) is 32.8 Å². The maximum Gasteiger partial charge on any atom is 0.304 e. The molecule has 2 aromatic heterocycles. The van der Waals surface area contributed by atoms with E-state index in [1.54, 1.807) is 18.3 Å². The summed E-state index contributed by atoms with van der Waals surface area (Å²) in [6.07, 6.45) is 7.46. The highest BCUT2D eigenvalue weighted by molar-refractivity contribution is 5.58. The van der Waals surface area contributed by atoms with E-state index in [1.807, 2.05) is 38.3 Å². The van der Waals surface area contributed by atoms with Gasteiger partial charge in [-0.05, 0) is 43.3 Å². The van der Waals surface area contributed by atoms with Crippen LogP contribution in [0.25, 0.3) is 0 Å². The highest BCUT2D eigenvalue weighted by atomic mass is 16.5. The zero-order valence-electron chi connectivity index (χ0n) is 16.1. The Morgan fingerprint density at radius 1 is 1.29 bits per heavy atom. The summed E-state index contributed by atoms with van der Waals surface area (Å²) < 4.78 is 5.53. The number of hydrogen-bond acceptors (Lipinski definition) is 6. The number of aromatic nitrogens is 2. The summed E-state index contributed by atoms with van der Waals surface area (Å²) in [6, 6.07) is 7.26. The molecule has 3 heterocycles. The fourth-order valence-corrected chi connectivity index (χ4v) is 2.89. The second-order valence-corrected chi connectivity index (χ2v) is 6.61. The molecule has 1 aliphatic rings. The first-order chi connectivity index (χ1) is 13.2. The van der Waals surface area contributed by atoms with Gasteiger partial charge in [0.15, 0.2) is 5.69 Å². The van der Waals surface area contributed by atoms with Crippen LogP contribution in [-0.2, 0) is 0 Å². The lowest BCUT2D eigenvalue weighted by Crippen LogP contribution is -2.34. The van der Waals surface area contributed by atoms with Crippen molar-refractivity contribution in [3.8, 4) is 17.7 Å². The molecule has 2 N–H and O–H groups in total. The van der Waals surface area contributed by atoms with Gasteiger partial charge in [-0.25, -0.2) is 9.97 Å². The Labute approximate surface area is 164 Å². The molecule has 2 aromatic rings. The molecule has 0 unspecified atom stereocenters. The molecule has 28 heavy (non-hydrogen) atoms. The van der Waals surface area contributed by atoms with Gasteiger partial charge in [-0.3, -0.25) is 4.90 Å². The summed E-state index contributed by atoms with van der Waals surface area (Å²) >= 11 is 0. The van der Waals surface area contributed by atoms with E-state index in [0.29, 0.717) is 11.6 Å². The predicted octanol–water partition coefficient (Wildman–Crippen LogP) is 3.48. The van der Waals surface area contributed by atoms with E-state index < -0.39 is 0 Å². The molecular formula is C21H24N4O3. The van der Waals surface area contributed by atoms with Gasteiger partial charge in [0, 0.05) is 30.7 Å². The van der Waals surface area contributed by atoms with Crippen LogP contribution >= 0.6 is 0 Å². The number of ether oxygens (including phenoxy) is 1. The SMILES string of the molecule is CC(C)Oc1ccc(C#CC=C2CCN(c3[nH+]cccc3N=O)CC2)cn1.[OH-]. The van der Waals surface area contributed by atoms with Crippen LogP contribution in [0.4, 0.5) is 11.5 Å². The van der Waals surface area contributed by atoms with E-state index in [4.69, 9.17) is 4.74 Å². The Hall–Kier alpha value is -3.24. The summed E-state index contributed by atoms with van der Waals surface area (Å²) in [5.74, 6) is 7.63. The Balaban J connectivity index is 0.00000280. The van der Waals surface area contributed by atoms with E-state index in [1.165, 1.54) is 5.57 Å². The van der Waals surface area contributed by atoms with Gasteiger partial charge in [0.2, 0.25) is 5.88 Å². The van der Waals surface area contributed by atoms with Crippen molar-refractivity contribution in [3.63, 3.8) is 0 Å². The molecule has 0 saturated carbocycles. The molecule has 0 spiro atoms. The van der Waals surface area contributed by atoms with E-state index in [0.717, 1.165) is 37.3 Å². The number of pyridine rings is 2. The normalized spacial score (nSPS) is 13.2. The topological polar surface area (TPSA) is 98.9 Å². The minimum atomic E-state index is 0. The first-order valence-corrected chi connectivity index (χ1v) is 9.07. The fourth-order valence-electron chi connectivity index (χ4n) is 2.89. The van der Waals surface area contributed by atoms with Crippen molar-refractivity contribution in [1.82, 2.24) is 4.98 Å². The van der Waals surface area contributed by atoms with Crippen molar-refractivity contribution < 1.29 is 15.2 Å². The van der Waals surface area contributed by atoms with Crippen molar-refractivity contribution in [1.29, 1.82) is 0 Å². The largest absolute Gasteiger partial charge is 0.870 e. The van der Waals surface area contributed by atoms with E-state index in [9.17, 15) is 4.91 Å². The van der Waals surface area contributed by atoms with Crippen molar-refractivity contribution in [2.75, 3.05) is 18.0 Å². The summed E-state index contributed by atoms with van der Waals surface area (Å²) in [4.78, 5) is 20.5. The maximum atomic E-state index is 10.9. The van der Waals surface area contributed by atoms with Gasteiger partial charge in [-0.2, -0.15) is 0 Å². The molecule has 7 heteroatoms. The molecule has 1 fully saturated rings. The zero-order valence-corrected chi connectivity index (χ0v) is 16.1. The number of nitrogens with one attached hydrogen (secondary N) is 1. The van der Waals surface area contributed by atoms with Gasteiger partial charge in [0.05, 0.1) is 25.4 Å². The third-order valence-electron chi connectivity index (χ3n) is 4.22.